The smallest absolute Gasteiger partial charge is 0.359 e. The van der Waals surface area contributed by atoms with Crippen LogP contribution in [0.25, 0.3) is 0 Å². The van der Waals surface area contributed by atoms with E-state index in [9.17, 15) is 9.59 Å². The van der Waals surface area contributed by atoms with Crippen LogP contribution in [0.1, 0.15) is 34.2 Å². The van der Waals surface area contributed by atoms with Gasteiger partial charge in [0.05, 0.1) is 20.3 Å². The summed E-state index contributed by atoms with van der Waals surface area (Å²) >= 11 is 0. The van der Waals surface area contributed by atoms with Crippen LogP contribution in [0.2, 0.25) is 0 Å². The van der Waals surface area contributed by atoms with Gasteiger partial charge in [-0.2, -0.15) is 5.10 Å². The molecule has 0 unspecified atom stereocenters. The number of aldehydes is 1. The first-order valence-electron chi connectivity index (χ1n) is 7.40. The molecule has 0 bridgehead atoms. The molecule has 2 rings (SSSR count). The molecule has 0 atom stereocenters. The SMILES string of the molecule is CCOC(=O)c1nn(Cc2ccc(OC)cc2)c(CC=O)c1C. The van der Waals surface area contributed by atoms with Crippen LogP contribution < -0.4 is 4.74 Å². The van der Waals surface area contributed by atoms with Crippen molar-refractivity contribution in [3.8, 4) is 5.75 Å². The quantitative estimate of drug-likeness (QED) is 0.578. The van der Waals surface area contributed by atoms with Crippen molar-refractivity contribution in [1.29, 1.82) is 0 Å². The van der Waals surface area contributed by atoms with Gasteiger partial charge in [0.1, 0.15) is 12.0 Å². The standard InChI is InChI=1S/C17H20N2O4/c1-4-23-17(21)16-12(2)15(9-10-20)19(18-16)11-13-5-7-14(22-3)8-6-13/h5-8,10H,4,9,11H2,1-3H3. The summed E-state index contributed by atoms with van der Waals surface area (Å²) in [5.74, 6) is 0.302. The third-order valence-corrected chi connectivity index (χ3v) is 3.56. The Kier molecular flexibility index (Phi) is 5.51. The van der Waals surface area contributed by atoms with Crippen LogP contribution in [0.5, 0.6) is 5.75 Å². The van der Waals surface area contributed by atoms with Crippen molar-refractivity contribution in [2.45, 2.75) is 26.8 Å². The first-order valence-corrected chi connectivity index (χ1v) is 7.40. The monoisotopic (exact) mass is 316 g/mol. The van der Waals surface area contributed by atoms with Crippen molar-refractivity contribution in [3.05, 3.63) is 46.8 Å². The number of nitrogens with zero attached hydrogens (tertiary/aromatic N) is 2. The molecule has 6 nitrogen and oxygen atoms in total. The summed E-state index contributed by atoms with van der Waals surface area (Å²) in [6, 6.07) is 7.56. The van der Waals surface area contributed by atoms with Crippen LogP contribution in [-0.4, -0.2) is 35.8 Å². The zero-order chi connectivity index (χ0) is 16.8. The molecule has 0 aliphatic carbocycles. The van der Waals surface area contributed by atoms with Crippen molar-refractivity contribution in [2.24, 2.45) is 0 Å². The molecule has 0 N–H and O–H groups in total. The van der Waals surface area contributed by atoms with Gasteiger partial charge in [-0.05, 0) is 31.5 Å². The largest absolute Gasteiger partial charge is 0.497 e. The van der Waals surface area contributed by atoms with Crippen molar-refractivity contribution in [2.75, 3.05) is 13.7 Å². The fraction of sp³-hybridized carbons (Fsp3) is 0.353. The maximum Gasteiger partial charge on any atom is 0.359 e. The second-order valence-electron chi connectivity index (χ2n) is 5.02. The molecule has 1 heterocycles. The van der Waals surface area contributed by atoms with Gasteiger partial charge >= 0.3 is 5.97 Å². The molecule has 0 radical (unpaired) electrons. The summed E-state index contributed by atoms with van der Waals surface area (Å²) in [5, 5.41) is 4.34. The fourth-order valence-electron chi connectivity index (χ4n) is 2.35. The Hall–Kier alpha value is -2.63. The first kappa shape index (κ1) is 16.7. The van der Waals surface area contributed by atoms with Crippen molar-refractivity contribution < 1.29 is 19.1 Å². The molecule has 1 aromatic carbocycles. The third kappa shape index (κ3) is 3.77. The second-order valence-corrected chi connectivity index (χ2v) is 5.02. The maximum atomic E-state index is 12.0. The lowest BCUT2D eigenvalue weighted by Crippen LogP contribution is -2.09. The van der Waals surface area contributed by atoms with Crippen LogP contribution in [-0.2, 0) is 22.5 Å². The van der Waals surface area contributed by atoms with Gasteiger partial charge in [-0.1, -0.05) is 12.1 Å². The summed E-state index contributed by atoms with van der Waals surface area (Å²) < 4.78 is 11.8. The highest BCUT2D eigenvalue weighted by Gasteiger charge is 2.20. The van der Waals surface area contributed by atoms with Crippen LogP contribution in [0.15, 0.2) is 24.3 Å². The van der Waals surface area contributed by atoms with E-state index in [0.29, 0.717) is 12.1 Å². The number of carbonyl (C=O) groups excluding carboxylic acids is 2. The molecule has 0 aliphatic rings. The number of esters is 1. The molecule has 6 heteroatoms. The van der Waals surface area contributed by atoms with Crippen LogP contribution in [0, 0.1) is 6.92 Å². The summed E-state index contributed by atoms with van der Waals surface area (Å²) in [5.41, 5.74) is 2.66. The van der Waals surface area contributed by atoms with E-state index in [4.69, 9.17) is 9.47 Å². The summed E-state index contributed by atoms with van der Waals surface area (Å²) in [4.78, 5) is 22.9. The van der Waals surface area contributed by atoms with Gasteiger partial charge in [0.25, 0.3) is 0 Å². The van der Waals surface area contributed by atoms with E-state index in [2.05, 4.69) is 5.10 Å². The Balaban J connectivity index is 2.33. The summed E-state index contributed by atoms with van der Waals surface area (Å²) in [6.07, 6.45) is 1.01. The maximum absolute atomic E-state index is 12.0. The summed E-state index contributed by atoms with van der Waals surface area (Å²) in [7, 11) is 1.61. The van der Waals surface area contributed by atoms with E-state index >= 15 is 0 Å². The van der Waals surface area contributed by atoms with E-state index < -0.39 is 5.97 Å². The molecule has 0 spiro atoms. The molecule has 23 heavy (non-hydrogen) atoms. The van der Waals surface area contributed by atoms with Crippen molar-refractivity contribution in [1.82, 2.24) is 9.78 Å². The van der Waals surface area contributed by atoms with Crippen molar-refractivity contribution in [3.63, 3.8) is 0 Å². The number of aromatic nitrogens is 2. The molecule has 0 fully saturated rings. The highest BCUT2D eigenvalue weighted by Crippen LogP contribution is 2.18. The second kappa shape index (κ2) is 7.58. The number of methoxy groups -OCH3 is 1. The summed E-state index contributed by atoms with van der Waals surface area (Å²) in [6.45, 7) is 4.27. The predicted molar refractivity (Wildman–Crippen MR) is 84.8 cm³/mol. The lowest BCUT2D eigenvalue weighted by atomic mass is 10.1. The Bertz CT molecular complexity index is 689. The number of carbonyl (C=O) groups is 2. The lowest BCUT2D eigenvalue weighted by Gasteiger charge is -2.07. The van der Waals surface area contributed by atoms with E-state index in [1.165, 1.54) is 0 Å². The van der Waals surface area contributed by atoms with E-state index in [1.54, 1.807) is 25.6 Å². The average molecular weight is 316 g/mol. The number of hydrogen-bond acceptors (Lipinski definition) is 5. The van der Waals surface area contributed by atoms with Crippen LogP contribution in [0.3, 0.4) is 0 Å². The number of ether oxygens (including phenoxy) is 2. The highest BCUT2D eigenvalue weighted by molar-refractivity contribution is 5.89. The Labute approximate surface area is 135 Å². The van der Waals surface area contributed by atoms with Gasteiger partial charge in [0, 0.05) is 17.7 Å². The Morgan fingerprint density at radius 2 is 2.00 bits per heavy atom. The highest BCUT2D eigenvalue weighted by atomic mass is 16.5. The fourth-order valence-corrected chi connectivity index (χ4v) is 2.35. The van der Waals surface area contributed by atoms with E-state index in [0.717, 1.165) is 23.3 Å². The normalized spacial score (nSPS) is 10.4. The Morgan fingerprint density at radius 3 is 2.57 bits per heavy atom. The van der Waals surface area contributed by atoms with Gasteiger partial charge in [0.15, 0.2) is 5.69 Å². The molecule has 1 aromatic heterocycles. The molecule has 0 saturated heterocycles. The minimum absolute atomic E-state index is 0.203. The molecule has 0 saturated carbocycles. The molecule has 122 valence electrons. The van der Waals surface area contributed by atoms with Gasteiger partial charge in [-0.15, -0.1) is 0 Å². The zero-order valence-corrected chi connectivity index (χ0v) is 13.5. The number of benzene rings is 1. The molecular weight excluding hydrogens is 296 g/mol. The van der Waals surface area contributed by atoms with Crippen LogP contribution >= 0.6 is 0 Å². The topological polar surface area (TPSA) is 70.4 Å². The van der Waals surface area contributed by atoms with Gasteiger partial charge in [-0.25, -0.2) is 4.79 Å². The predicted octanol–water partition coefficient (Wildman–Crippen LogP) is 2.17. The average Bonchev–Trinajstić information content (AvgIpc) is 2.86. The minimum Gasteiger partial charge on any atom is -0.497 e. The van der Waals surface area contributed by atoms with E-state index in [1.807, 2.05) is 24.3 Å². The third-order valence-electron chi connectivity index (χ3n) is 3.56. The number of hydrogen-bond donors (Lipinski definition) is 0. The van der Waals surface area contributed by atoms with Gasteiger partial charge in [0.2, 0.25) is 0 Å². The molecule has 0 aliphatic heterocycles. The molecular formula is C17H20N2O4. The zero-order valence-electron chi connectivity index (χ0n) is 13.5. The van der Waals surface area contributed by atoms with Gasteiger partial charge < -0.3 is 14.3 Å². The van der Waals surface area contributed by atoms with Crippen LogP contribution in [0.4, 0.5) is 0 Å². The lowest BCUT2D eigenvalue weighted by molar-refractivity contribution is -0.107. The first-order chi connectivity index (χ1) is 11.1. The van der Waals surface area contributed by atoms with E-state index in [-0.39, 0.29) is 18.7 Å². The van der Waals surface area contributed by atoms with Crippen molar-refractivity contribution >= 4 is 12.3 Å². The van der Waals surface area contributed by atoms with Gasteiger partial charge in [-0.3, -0.25) is 4.68 Å². The minimum atomic E-state index is -0.467. The molecule has 0 amide bonds. The molecule has 2 aromatic rings. The Morgan fingerprint density at radius 1 is 1.30 bits per heavy atom. The number of rotatable bonds is 7.